The summed E-state index contributed by atoms with van der Waals surface area (Å²) in [6.45, 7) is 2.46. The van der Waals surface area contributed by atoms with Crippen molar-refractivity contribution in [3.8, 4) is 0 Å². The Labute approximate surface area is 88.4 Å². The van der Waals surface area contributed by atoms with Gasteiger partial charge in [-0.25, -0.2) is 0 Å². The third-order valence-electron chi connectivity index (χ3n) is 2.39. The molecule has 0 aromatic rings. The summed E-state index contributed by atoms with van der Waals surface area (Å²) in [5.74, 6) is 0. The summed E-state index contributed by atoms with van der Waals surface area (Å²) in [7, 11) is 1.36. The molecule has 0 bridgehead atoms. The Bertz CT molecular complexity index is 185. The van der Waals surface area contributed by atoms with Gasteiger partial charge in [-0.05, 0) is 6.92 Å². The van der Waals surface area contributed by atoms with Gasteiger partial charge >= 0.3 is 0 Å². The summed E-state index contributed by atoms with van der Waals surface area (Å²) in [4.78, 5) is 0. The third-order valence-corrected chi connectivity index (χ3v) is 2.39. The number of aliphatic hydroxyl groups is 3. The Morgan fingerprint density at radius 2 is 1.80 bits per heavy atom. The summed E-state index contributed by atoms with van der Waals surface area (Å²) in [6, 6.07) is 0. The van der Waals surface area contributed by atoms with Crippen molar-refractivity contribution in [1.29, 1.82) is 0 Å². The van der Waals surface area contributed by atoms with Crippen molar-refractivity contribution in [2.75, 3.05) is 20.3 Å². The lowest BCUT2D eigenvalue weighted by atomic mass is 9.99. The van der Waals surface area contributed by atoms with Crippen molar-refractivity contribution in [3.05, 3.63) is 0 Å². The summed E-state index contributed by atoms with van der Waals surface area (Å²) < 4.78 is 15.1. The van der Waals surface area contributed by atoms with Gasteiger partial charge in [-0.1, -0.05) is 0 Å². The number of aliphatic hydroxyl groups excluding tert-OH is 3. The van der Waals surface area contributed by atoms with Gasteiger partial charge in [-0.3, -0.25) is 0 Å². The molecule has 0 aliphatic carbocycles. The largest absolute Gasteiger partial charge is 0.387 e. The molecule has 0 amide bonds. The average molecular weight is 222 g/mol. The molecule has 1 aliphatic rings. The fourth-order valence-corrected chi connectivity index (χ4v) is 1.48. The molecule has 0 spiro atoms. The molecule has 0 radical (unpaired) electrons. The highest BCUT2D eigenvalue weighted by Crippen LogP contribution is 2.21. The van der Waals surface area contributed by atoms with Crippen molar-refractivity contribution in [1.82, 2.24) is 0 Å². The molecule has 6 heteroatoms. The first-order valence-electron chi connectivity index (χ1n) is 4.92. The number of methoxy groups -OCH3 is 1. The molecular formula is C9H18O6. The first-order chi connectivity index (χ1) is 7.11. The van der Waals surface area contributed by atoms with Crippen LogP contribution < -0.4 is 0 Å². The second kappa shape index (κ2) is 5.74. The fraction of sp³-hybridized carbons (Fsp3) is 1.00. The van der Waals surface area contributed by atoms with Crippen molar-refractivity contribution in [2.45, 2.75) is 37.6 Å². The van der Waals surface area contributed by atoms with Gasteiger partial charge in [0, 0.05) is 13.7 Å². The number of ether oxygens (including phenoxy) is 3. The first-order valence-corrected chi connectivity index (χ1v) is 4.92. The van der Waals surface area contributed by atoms with Gasteiger partial charge < -0.3 is 29.5 Å². The average Bonchev–Trinajstić information content (AvgIpc) is 2.25. The number of hydrogen-bond donors (Lipinski definition) is 3. The molecule has 15 heavy (non-hydrogen) atoms. The number of hydrogen-bond acceptors (Lipinski definition) is 6. The van der Waals surface area contributed by atoms with E-state index in [1.165, 1.54) is 7.11 Å². The Morgan fingerprint density at radius 1 is 1.13 bits per heavy atom. The lowest BCUT2D eigenvalue weighted by molar-refractivity contribution is -0.296. The van der Waals surface area contributed by atoms with Crippen LogP contribution in [0.25, 0.3) is 0 Å². The zero-order chi connectivity index (χ0) is 11.4. The molecule has 1 aliphatic heterocycles. The van der Waals surface area contributed by atoms with Crippen LogP contribution in [0.2, 0.25) is 0 Å². The van der Waals surface area contributed by atoms with Crippen LogP contribution in [0, 0.1) is 0 Å². The van der Waals surface area contributed by atoms with E-state index in [-0.39, 0.29) is 6.61 Å². The predicted molar refractivity (Wildman–Crippen MR) is 50.2 cm³/mol. The van der Waals surface area contributed by atoms with E-state index in [0.717, 1.165) is 0 Å². The van der Waals surface area contributed by atoms with Gasteiger partial charge in [0.2, 0.25) is 0 Å². The van der Waals surface area contributed by atoms with E-state index in [1.54, 1.807) is 0 Å². The van der Waals surface area contributed by atoms with Crippen LogP contribution in [0.1, 0.15) is 6.92 Å². The molecule has 6 nitrogen and oxygen atoms in total. The van der Waals surface area contributed by atoms with Gasteiger partial charge in [-0.2, -0.15) is 0 Å². The highest BCUT2D eigenvalue weighted by Gasteiger charge is 2.43. The molecule has 1 saturated heterocycles. The molecule has 90 valence electrons. The molecule has 3 N–H and O–H groups in total. The number of rotatable bonds is 4. The van der Waals surface area contributed by atoms with Gasteiger partial charge in [0.1, 0.15) is 24.4 Å². The third kappa shape index (κ3) is 2.87. The zero-order valence-electron chi connectivity index (χ0n) is 8.87. The topological polar surface area (TPSA) is 88.4 Å². The van der Waals surface area contributed by atoms with E-state index < -0.39 is 30.7 Å². The predicted octanol–water partition coefficient (Wildman–Crippen LogP) is -1.52. The first kappa shape index (κ1) is 12.8. The van der Waals surface area contributed by atoms with E-state index in [9.17, 15) is 15.3 Å². The van der Waals surface area contributed by atoms with Crippen LogP contribution in [-0.4, -0.2) is 66.3 Å². The van der Waals surface area contributed by atoms with Crippen LogP contribution in [-0.2, 0) is 14.2 Å². The summed E-state index contributed by atoms with van der Waals surface area (Å²) in [6.07, 6.45) is -5.32. The lowest BCUT2D eigenvalue weighted by Gasteiger charge is -2.39. The zero-order valence-corrected chi connectivity index (χ0v) is 8.87. The smallest absolute Gasteiger partial charge is 0.186 e. The normalized spacial score (nSPS) is 41.8. The van der Waals surface area contributed by atoms with E-state index in [0.29, 0.717) is 6.61 Å². The van der Waals surface area contributed by atoms with Crippen molar-refractivity contribution >= 4 is 0 Å². The molecule has 1 heterocycles. The molecule has 5 unspecified atom stereocenters. The van der Waals surface area contributed by atoms with Gasteiger partial charge in [-0.15, -0.1) is 0 Å². The van der Waals surface area contributed by atoms with Gasteiger partial charge in [0.25, 0.3) is 0 Å². The lowest BCUT2D eigenvalue weighted by Crippen LogP contribution is -2.59. The maximum absolute atomic E-state index is 9.58. The fourth-order valence-electron chi connectivity index (χ4n) is 1.48. The monoisotopic (exact) mass is 222 g/mol. The molecular weight excluding hydrogens is 204 g/mol. The molecule has 0 saturated carbocycles. The summed E-state index contributed by atoms with van der Waals surface area (Å²) in [5, 5.41) is 28.5. The minimum atomic E-state index is -1.28. The minimum absolute atomic E-state index is 0.154. The van der Waals surface area contributed by atoms with Gasteiger partial charge in [0.05, 0.1) is 6.61 Å². The SMILES string of the molecule is CCOCC1OC(OC)C(O)C(O)C1O. The Hall–Kier alpha value is -0.240. The van der Waals surface area contributed by atoms with Crippen LogP contribution >= 0.6 is 0 Å². The highest BCUT2D eigenvalue weighted by molar-refractivity contribution is 4.88. The molecule has 5 atom stereocenters. The summed E-state index contributed by atoms with van der Waals surface area (Å²) >= 11 is 0. The Kier molecular flexibility index (Phi) is 4.91. The summed E-state index contributed by atoms with van der Waals surface area (Å²) in [5.41, 5.74) is 0. The van der Waals surface area contributed by atoms with Crippen molar-refractivity contribution in [3.63, 3.8) is 0 Å². The van der Waals surface area contributed by atoms with Crippen molar-refractivity contribution < 1.29 is 29.5 Å². The minimum Gasteiger partial charge on any atom is -0.387 e. The molecule has 1 rings (SSSR count). The molecule has 0 aromatic heterocycles. The van der Waals surface area contributed by atoms with Crippen LogP contribution in [0.4, 0.5) is 0 Å². The van der Waals surface area contributed by atoms with E-state index in [1.807, 2.05) is 6.92 Å². The van der Waals surface area contributed by atoms with Gasteiger partial charge in [0.15, 0.2) is 6.29 Å². The van der Waals surface area contributed by atoms with E-state index in [2.05, 4.69) is 0 Å². The molecule has 0 aromatic carbocycles. The second-order valence-corrected chi connectivity index (χ2v) is 3.41. The Morgan fingerprint density at radius 3 is 2.33 bits per heavy atom. The van der Waals surface area contributed by atoms with Crippen LogP contribution in [0.5, 0.6) is 0 Å². The van der Waals surface area contributed by atoms with Crippen molar-refractivity contribution in [2.24, 2.45) is 0 Å². The van der Waals surface area contributed by atoms with E-state index >= 15 is 0 Å². The van der Waals surface area contributed by atoms with Crippen LogP contribution in [0.3, 0.4) is 0 Å². The van der Waals surface area contributed by atoms with E-state index in [4.69, 9.17) is 14.2 Å². The second-order valence-electron chi connectivity index (χ2n) is 3.41. The standard InChI is InChI=1S/C9H18O6/c1-3-14-4-5-6(10)7(11)8(12)9(13-2)15-5/h5-12H,3-4H2,1-2H3. The molecule has 1 fully saturated rings. The Balaban J connectivity index is 2.57. The quantitative estimate of drug-likeness (QED) is 0.535. The maximum Gasteiger partial charge on any atom is 0.186 e. The maximum atomic E-state index is 9.58. The highest BCUT2D eigenvalue weighted by atomic mass is 16.7. The van der Waals surface area contributed by atoms with Crippen LogP contribution in [0.15, 0.2) is 0 Å².